The molecular formula is C14H17BrN2O4. The normalized spacial score (nSPS) is 21.0. The third-order valence-corrected chi connectivity index (χ3v) is 4.03. The summed E-state index contributed by atoms with van der Waals surface area (Å²) in [6.07, 6.45) is 2.79. The molecule has 1 aromatic rings. The zero-order valence-electron chi connectivity index (χ0n) is 11.6. The van der Waals surface area contributed by atoms with Crippen LogP contribution in [0.2, 0.25) is 0 Å². The van der Waals surface area contributed by atoms with Gasteiger partial charge in [-0.1, -0.05) is 15.9 Å². The van der Waals surface area contributed by atoms with Crippen LogP contribution in [0.15, 0.2) is 22.7 Å². The molecule has 7 heteroatoms. The van der Waals surface area contributed by atoms with Crippen molar-refractivity contribution >= 4 is 33.6 Å². The van der Waals surface area contributed by atoms with Crippen molar-refractivity contribution in [3.63, 3.8) is 0 Å². The second-order valence-corrected chi connectivity index (χ2v) is 5.82. The van der Waals surface area contributed by atoms with Gasteiger partial charge in [-0.25, -0.2) is 9.59 Å². The summed E-state index contributed by atoms with van der Waals surface area (Å²) in [7, 11) is 1.62. The van der Waals surface area contributed by atoms with Gasteiger partial charge in [-0.15, -0.1) is 0 Å². The summed E-state index contributed by atoms with van der Waals surface area (Å²) in [6.45, 7) is 0. The number of carbonyl (C=O) groups excluding carboxylic acids is 1. The number of benzene rings is 1. The predicted octanol–water partition coefficient (Wildman–Crippen LogP) is 2.84. The molecule has 1 fully saturated rings. The fraction of sp³-hybridized carbons (Fsp3) is 0.429. The van der Waals surface area contributed by atoms with Crippen LogP contribution in [0.25, 0.3) is 0 Å². The summed E-state index contributed by atoms with van der Waals surface area (Å²) in [4.78, 5) is 23.2. The second kappa shape index (κ2) is 6.91. The number of carboxylic acids is 1. The Morgan fingerprint density at radius 1 is 1.38 bits per heavy atom. The minimum absolute atomic E-state index is 0.0135. The maximum absolute atomic E-state index is 12.0. The highest BCUT2D eigenvalue weighted by Crippen LogP contribution is 2.23. The van der Waals surface area contributed by atoms with Crippen molar-refractivity contribution in [2.24, 2.45) is 0 Å². The number of amides is 2. The first-order chi connectivity index (χ1) is 10.0. The lowest BCUT2D eigenvalue weighted by Gasteiger charge is -2.20. The number of anilines is 1. The molecule has 6 nitrogen and oxygen atoms in total. The largest absolute Gasteiger partial charge is 0.478 e. The molecule has 1 saturated carbocycles. The molecular weight excluding hydrogens is 340 g/mol. The van der Waals surface area contributed by atoms with E-state index in [0.717, 1.165) is 19.3 Å². The summed E-state index contributed by atoms with van der Waals surface area (Å²) in [5.74, 6) is -1.10. The predicted molar refractivity (Wildman–Crippen MR) is 81.7 cm³/mol. The Labute approximate surface area is 131 Å². The molecule has 0 aliphatic heterocycles. The average molecular weight is 357 g/mol. The maximum atomic E-state index is 12.0. The molecule has 2 amide bonds. The van der Waals surface area contributed by atoms with Gasteiger partial charge in [0, 0.05) is 11.6 Å². The fourth-order valence-electron chi connectivity index (χ4n) is 2.50. The Hall–Kier alpha value is -1.60. The third-order valence-electron chi connectivity index (χ3n) is 3.53. The van der Waals surface area contributed by atoms with Crippen molar-refractivity contribution in [1.82, 2.24) is 5.32 Å². The maximum Gasteiger partial charge on any atom is 0.337 e. The van der Waals surface area contributed by atoms with Gasteiger partial charge in [-0.2, -0.15) is 0 Å². The van der Waals surface area contributed by atoms with Crippen molar-refractivity contribution in [1.29, 1.82) is 0 Å². The highest BCUT2D eigenvalue weighted by molar-refractivity contribution is 9.10. The van der Waals surface area contributed by atoms with Crippen LogP contribution in [-0.2, 0) is 4.74 Å². The number of nitrogens with one attached hydrogen (secondary N) is 2. The van der Waals surface area contributed by atoms with Crippen molar-refractivity contribution in [2.45, 2.75) is 31.4 Å². The van der Waals surface area contributed by atoms with E-state index < -0.39 is 12.0 Å². The van der Waals surface area contributed by atoms with E-state index in [-0.39, 0.29) is 23.4 Å². The molecule has 2 rings (SSSR count). The Bertz CT molecular complexity index is 550. The lowest BCUT2D eigenvalue weighted by Crippen LogP contribution is -2.43. The summed E-state index contributed by atoms with van der Waals surface area (Å²) < 4.78 is 5.95. The monoisotopic (exact) mass is 356 g/mol. The van der Waals surface area contributed by atoms with E-state index >= 15 is 0 Å². The number of carboxylic acid groups (broad SMARTS) is 1. The Morgan fingerprint density at radius 3 is 2.81 bits per heavy atom. The zero-order valence-corrected chi connectivity index (χ0v) is 13.1. The first-order valence-corrected chi connectivity index (χ1v) is 7.43. The molecule has 3 N–H and O–H groups in total. The van der Waals surface area contributed by atoms with Gasteiger partial charge >= 0.3 is 12.0 Å². The van der Waals surface area contributed by atoms with E-state index in [0.29, 0.717) is 4.47 Å². The number of methoxy groups -OCH3 is 1. The summed E-state index contributed by atoms with van der Waals surface area (Å²) in [5.41, 5.74) is 0.296. The van der Waals surface area contributed by atoms with Crippen LogP contribution >= 0.6 is 15.9 Å². The molecule has 0 radical (unpaired) electrons. The molecule has 0 spiro atoms. The number of urea groups is 1. The molecule has 21 heavy (non-hydrogen) atoms. The summed E-state index contributed by atoms with van der Waals surface area (Å²) in [5, 5.41) is 14.6. The lowest BCUT2D eigenvalue weighted by molar-refractivity contribution is 0.0698. The van der Waals surface area contributed by atoms with Crippen LogP contribution in [0.4, 0.5) is 10.5 Å². The summed E-state index contributed by atoms with van der Waals surface area (Å²) >= 11 is 3.21. The van der Waals surface area contributed by atoms with Crippen LogP contribution < -0.4 is 10.6 Å². The van der Waals surface area contributed by atoms with Gasteiger partial charge in [0.1, 0.15) is 0 Å². The molecule has 0 aromatic heterocycles. The van der Waals surface area contributed by atoms with E-state index in [2.05, 4.69) is 26.6 Å². The number of halogens is 1. The number of rotatable bonds is 4. The fourth-order valence-corrected chi connectivity index (χ4v) is 2.86. The van der Waals surface area contributed by atoms with Crippen molar-refractivity contribution in [3.8, 4) is 0 Å². The standard InChI is InChI=1S/C14H17BrN2O4/c1-21-12-4-2-3-11(12)17-14(20)16-10-6-5-8(15)7-9(10)13(18)19/h5-7,11-12H,2-4H2,1H3,(H,18,19)(H2,16,17,20). The smallest absolute Gasteiger partial charge is 0.337 e. The molecule has 2 atom stereocenters. The van der Waals surface area contributed by atoms with Crippen molar-refractivity contribution in [3.05, 3.63) is 28.2 Å². The van der Waals surface area contributed by atoms with Crippen molar-refractivity contribution in [2.75, 3.05) is 12.4 Å². The first kappa shape index (κ1) is 15.8. The van der Waals surface area contributed by atoms with Crippen LogP contribution in [0.5, 0.6) is 0 Å². The van der Waals surface area contributed by atoms with Gasteiger partial charge in [0.15, 0.2) is 0 Å². The third kappa shape index (κ3) is 3.95. The minimum Gasteiger partial charge on any atom is -0.478 e. The van der Waals surface area contributed by atoms with Crippen LogP contribution in [0, 0.1) is 0 Å². The second-order valence-electron chi connectivity index (χ2n) is 4.91. The average Bonchev–Trinajstić information content (AvgIpc) is 2.87. The molecule has 114 valence electrons. The Kier molecular flexibility index (Phi) is 5.19. The van der Waals surface area contributed by atoms with E-state index in [1.165, 1.54) is 6.07 Å². The van der Waals surface area contributed by atoms with Gasteiger partial charge in [-0.05, 0) is 37.5 Å². The van der Waals surface area contributed by atoms with Gasteiger partial charge in [0.05, 0.1) is 23.4 Å². The first-order valence-electron chi connectivity index (χ1n) is 6.64. The quantitative estimate of drug-likeness (QED) is 0.773. The highest BCUT2D eigenvalue weighted by Gasteiger charge is 2.28. The number of ether oxygens (including phenoxy) is 1. The lowest BCUT2D eigenvalue weighted by atomic mass is 10.2. The molecule has 0 heterocycles. The van der Waals surface area contributed by atoms with E-state index in [9.17, 15) is 9.59 Å². The molecule has 1 aliphatic rings. The van der Waals surface area contributed by atoms with Crippen LogP contribution in [0.1, 0.15) is 29.6 Å². The number of hydrogen-bond acceptors (Lipinski definition) is 3. The van der Waals surface area contributed by atoms with E-state index in [4.69, 9.17) is 9.84 Å². The number of hydrogen-bond donors (Lipinski definition) is 3. The van der Waals surface area contributed by atoms with Crippen LogP contribution in [0.3, 0.4) is 0 Å². The molecule has 2 unspecified atom stereocenters. The molecule has 1 aromatic carbocycles. The summed E-state index contributed by atoms with van der Waals surface area (Å²) in [6, 6.07) is 4.21. The van der Waals surface area contributed by atoms with Crippen LogP contribution in [-0.4, -0.2) is 36.4 Å². The van der Waals surface area contributed by atoms with Gasteiger partial charge in [0.25, 0.3) is 0 Å². The number of aromatic carboxylic acids is 1. The zero-order chi connectivity index (χ0) is 15.4. The van der Waals surface area contributed by atoms with Gasteiger partial charge in [-0.3, -0.25) is 0 Å². The molecule has 0 saturated heterocycles. The SMILES string of the molecule is COC1CCCC1NC(=O)Nc1ccc(Br)cc1C(=O)O. The minimum atomic E-state index is -1.10. The van der Waals surface area contributed by atoms with Crippen molar-refractivity contribution < 1.29 is 19.4 Å². The Morgan fingerprint density at radius 2 is 2.14 bits per heavy atom. The van der Waals surface area contributed by atoms with E-state index in [1.54, 1.807) is 19.2 Å². The number of carbonyl (C=O) groups is 2. The highest BCUT2D eigenvalue weighted by atomic mass is 79.9. The molecule has 1 aliphatic carbocycles. The molecule has 0 bridgehead atoms. The van der Waals surface area contributed by atoms with E-state index in [1.807, 2.05) is 0 Å². The van der Waals surface area contributed by atoms with Gasteiger partial charge in [0.2, 0.25) is 0 Å². The van der Waals surface area contributed by atoms with Gasteiger partial charge < -0.3 is 20.5 Å². The topological polar surface area (TPSA) is 87.7 Å². The Balaban J connectivity index is 2.04.